The van der Waals surface area contributed by atoms with Gasteiger partial charge in [-0.1, -0.05) is 24.9 Å². The summed E-state index contributed by atoms with van der Waals surface area (Å²) in [5.41, 5.74) is 0.760. The normalized spacial score (nSPS) is 11.4. The number of aryl methyl sites for hydroxylation is 1. The smallest absolute Gasteiger partial charge is 0.270 e. The number of benzene rings is 2. The van der Waals surface area contributed by atoms with Crippen molar-refractivity contribution >= 4 is 11.6 Å². The minimum absolute atomic E-state index is 0.0211. The molecule has 0 aliphatic heterocycles. The standard InChI is InChI=1S/C25H24F2N4O4/c1-14(2)11-22(32)19-13-30(12-18-20(26)5-4-6-21(18)27)25-29-23(15(3)31(25)24(19)33)16-7-9-17(10-8-16)34-35-28/h4-10,13-14H,11-12,28H2,1-3H3. The predicted molar refractivity (Wildman–Crippen MR) is 125 cm³/mol. The molecule has 2 N–H and O–H groups in total. The van der Waals surface area contributed by atoms with E-state index in [9.17, 15) is 18.4 Å². The molecule has 0 amide bonds. The minimum Gasteiger partial charge on any atom is -0.320 e. The van der Waals surface area contributed by atoms with Crippen molar-refractivity contribution in [2.45, 2.75) is 33.7 Å². The van der Waals surface area contributed by atoms with Gasteiger partial charge in [-0.3, -0.25) is 9.59 Å². The number of carbonyl (C=O) groups is 1. The van der Waals surface area contributed by atoms with Crippen molar-refractivity contribution in [3.63, 3.8) is 0 Å². The maximum atomic E-state index is 14.5. The van der Waals surface area contributed by atoms with Crippen LogP contribution in [0.5, 0.6) is 5.75 Å². The molecule has 2 aromatic carbocycles. The number of nitrogens with two attached hydrogens (primary N) is 1. The van der Waals surface area contributed by atoms with E-state index in [4.69, 9.17) is 10.8 Å². The first kappa shape index (κ1) is 24.2. The van der Waals surface area contributed by atoms with Gasteiger partial charge in [0.05, 0.1) is 23.5 Å². The van der Waals surface area contributed by atoms with E-state index >= 15 is 0 Å². The summed E-state index contributed by atoms with van der Waals surface area (Å²) in [6.45, 7) is 5.16. The summed E-state index contributed by atoms with van der Waals surface area (Å²) >= 11 is 0. The third-order valence-electron chi connectivity index (χ3n) is 5.62. The largest absolute Gasteiger partial charge is 0.320 e. The summed E-state index contributed by atoms with van der Waals surface area (Å²) in [6.07, 6.45) is 1.49. The first-order valence-electron chi connectivity index (χ1n) is 10.9. The van der Waals surface area contributed by atoms with Crippen molar-refractivity contribution in [3.05, 3.63) is 87.5 Å². The predicted octanol–water partition coefficient (Wildman–Crippen LogP) is 4.21. The van der Waals surface area contributed by atoms with Crippen LogP contribution in [0.15, 0.2) is 53.5 Å². The topological polar surface area (TPSA) is 101 Å². The van der Waals surface area contributed by atoms with E-state index < -0.39 is 17.2 Å². The molecular weight excluding hydrogens is 458 g/mol. The van der Waals surface area contributed by atoms with E-state index in [1.165, 1.54) is 21.2 Å². The molecule has 0 aliphatic rings. The van der Waals surface area contributed by atoms with E-state index in [2.05, 4.69) is 9.97 Å². The second-order valence-electron chi connectivity index (χ2n) is 8.58. The van der Waals surface area contributed by atoms with Crippen molar-refractivity contribution in [3.8, 4) is 17.0 Å². The second-order valence-corrected chi connectivity index (χ2v) is 8.58. The number of aromatic nitrogens is 3. The van der Waals surface area contributed by atoms with Crippen LogP contribution in [0.1, 0.15) is 41.9 Å². The van der Waals surface area contributed by atoms with Crippen molar-refractivity contribution in [1.29, 1.82) is 0 Å². The van der Waals surface area contributed by atoms with Gasteiger partial charge in [0.25, 0.3) is 5.56 Å². The number of nitrogens with zero attached hydrogens (tertiary/aromatic N) is 3. The molecule has 4 rings (SSSR count). The zero-order valence-corrected chi connectivity index (χ0v) is 19.4. The highest BCUT2D eigenvalue weighted by Crippen LogP contribution is 2.26. The van der Waals surface area contributed by atoms with Crippen LogP contribution >= 0.6 is 0 Å². The fourth-order valence-corrected chi connectivity index (χ4v) is 3.95. The third kappa shape index (κ3) is 4.71. The van der Waals surface area contributed by atoms with E-state index in [1.807, 2.05) is 13.8 Å². The van der Waals surface area contributed by atoms with Gasteiger partial charge in [0.2, 0.25) is 5.78 Å². The number of hydrogen-bond acceptors (Lipinski definition) is 6. The number of ketones is 1. The summed E-state index contributed by atoms with van der Waals surface area (Å²) in [5.74, 6) is 3.61. The van der Waals surface area contributed by atoms with Crippen LogP contribution in [0.3, 0.4) is 0 Å². The Bertz CT molecular complexity index is 1440. The van der Waals surface area contributed by atoms with Crippen LogP contribution in [0.2, 0.25) is 0 Å². The molecule has 0 aliphatic carbocycles. The van der Waals surface area contributed by atoms with Crippen LogP contribution in [-0.4, -0.2) is 19.7 Å². The Kier molecular flexibility index (Phi) is 6.77. The lowest BCUT2D eigenvalue weighted by molar-refractivity contribution is -0.211. The van der Waals surface area contributed by atoms with Crippen molar-refractivity contribution in [2.75, 3.05) is 0 Å². The highest BCUT2D eigenvalue weighted by atomic mass is 19.1. The maximum Gasteiger partial charge on any atom is 0.270 e. The molecule has 0 atom stereocenters. The van der Waals surface area contributed by atoms with Crippen LogP contribution in [0.4, 0.5) is 8.78 Å². The Labute approximate surface area is 199 Å². The van der Waals surface area contributed by atoms with Crippen molar-refractivity contribution < 1.29 is 23.5 Å². The number of rotatable bonds is 8. The van der Waals surface area contributed by atoms with Gasteiger partial charge >= 0.3 is 0 Å². The molecule has 2 aromatic heterocycles. The first-order valence-corrected chi connectivity index (χ1v) is 10.9. The number of imidazole rings is 1. The van der Waals surface area contributed by atoms with Gasteiger partial charge in [-0.2, -0.15) is 5.90 Å². The minimum atomic E-state index is -0.738. The first-order chi connectivity index (χ1) is 16.7. The molecule has 2 heterocycles. The molecule has 0 radical (unpaired) electrons. The quantitative estimate of drug-likeness (QED) is 0.229. The van der Waals surface area contributed by atoms with Gasteiger partial charge in [-0.15, -0.1) is 0 Å². The Hall–Kier alpha value is -3.89. The second kappa shape index (κ2) is 9.77. The molecule has 0 bridgehead atoms. The lowest BCUT2D eigenvalue weighted by Gasteiger charge is -2.13. The van der Waals surface area contributed by atoms with Crippen molar-refractivity contribution in [2.24, 2.45) is 11.8 Å². The Balaban J connectivity index is 1.94. The van der Waals surface area contributed by atoms with Crippen LogP contribution < -0.4 is 16.3 Å². The van der Waals surface area contributed by atoms with Crippen molar-refractivity contribution in [1.82, 2.24) is 14.0 Å². The SMILES string of the molecule is Cc1c(-c2ccc(OON)cc2)nc2n(Cc3c(F)cccc3F)cc(C(=O)CC(C)C)c(=O)n12. The van der Waals surface area contributed by atoms with E-state index in [1.54, 1.807) is 31.2 Å². The Morgan fingerprint density at radius 2 is 1.77 bits per heavy atom. The molecule has 0 spiro atoms. The van der Waals surface area contributed by atoms with Gasteiger partial charge in [0.1, 0.15) is 11.6 Å². The average Bonchev–Trinajstić information content (AvgIpc) is 3.16. The average molecular weight is 482 g/mol. The highest BCUT2D eigenvalue weighted by molar-refractivity contribution is 5.95. The van der Waals surface area contributed by atoms with E-state index in [0.717, 1.165) is 12.1 Å². The number of Topliss-reactive ketones (excluding diaryl/α,β-unsaturated/α-hetero) is 1. The zero-order valence-electron chi connectivity index (χ0n) is 19.4. The van der Waals surface area contributed by atoms with E-state index in [0.29, 0.717) is 22.7 Å². The fourth-order valence-electron chi connectivity index (χ4n) is 3.95. The monoisotopic (exact) mass is 482 g/mol. The molecular formula is C25H24F2N4O4. The Morgan fingerprint density at radius 1 is 1.11 bits per heavy atom. The third-order valence-corrected chi connectivity index (χ3v) is 5.62. The van der Waals surface area contributed by atoms with Gasteiger partial charge in [-0.25, -0.2) is 18.2 Å². The molecule has 0 unspecified atom stereocenters. The summed E-state index contributed by atoms with van der Waals surface area (Å²) in [5, 5.41) is 0. The lowest BCUT2D eigenvalue weighted by Crippen LogP contribution is -2.27. The highest BCUT2D eigenvalue weighted by Gasteiger charge is 2.22. The van der Waals surface area contributed by atoms with Crippen LogP contribution in [-0.2, 0) is 11.5 Å². The van der Waals surface area contributed by atoms with Crippen LogP contribution in [0, 0.1) is 24.5 Å². The summed E-state index contributed by atoms with van der Waals surface area (Å²) in [6, 6.07) is 10.2. The molecule has 8 nitrogen and oxygen atoms in total. The Morgan fingerprint density at radius 3 is 2.37 bits per heavy atom. The number of halogens is 2. The molecule has 182 valence electrons. The van der Waals surface area contributed by atoms with Gasteiger partial charge in [0, 0.05) is 23.7 Å². The summed E-state index contributed by atoms with van der Waals surface area (Å²) < 4.78 is 31.6. The maximum absolute atomic E-state index is 14.5. The molecule has 4 aromatic rings. The molecule has 0 saturated carbocycles. The number of hydrogen-bond donors (Lipinski definition) is 1. The molecule has 0 saturated heterocycles. The number of fused-ring (bicyclic) bond motifs is 1. The lowest BCUT2D eigenvalue weighted by atomic mass is 10.0. The molecule has 35 heavy (non-hydrogen) atoms. The van der Waals surface area contributed by atoms with Gasteiger partial charge < -0.3 is 9.45 Å². The van der Waals surface area contributed by atoms with E-state index in [-0.39, 0.29) is 41.6 Å². The molecule has 0 fully saturated rings. The molecule has 10 heteroatoms. The summed E-state index contributed by atoms with van der Waals surface area (Å²) in [7, 11) is 0. The number of carbonyl (C=O) groups excluding carboxylic acids is 1. The summed E-state index contributed by atoms with van der Waals surface area (Å²) in [4.78, 5) is 39.8. The fraction of sp³-hybridized carbons (Fsp3) is 0.240. The van der Waals surface area contributed by atoms with Gasteiger partial charge in [-0.05, 0) is 49.2 Å². The van der Waals surface area contributed by atoms with Crippen LogP contribution in [0.25, 0.3) is 17.0 Å². The van der Waals surface area contributed by atoms with Gasteiger partial charge in [0.15, 0.2) is 11.5 Å². The zero-order chi connectivity index (χ0) is 25.3.